The van der Waals surface area contributed by atoms with Crippen LogP contribution < -0.4 is 10.1 Å². The Morgan fingerprint density at radius 1 is 1.35 bits per heavy atom. The number of hydrogen-bond acceptors (Lipinski definition) is 5. The van der Waals surface area contributed by atoms with Gasteiger partial charge in [0.2, 0.25) is 0 Å². The molecule has 0 aliphatic rings. The molecule has 0 radical (unpaired) electrons. The van der Waals surface area contributed by atoms with Crippen molar-refractivity contribution >= 4 is 44.7 Å². The molecular weight excluding hydrogens is 350 g/mol. The largest absolute Gasteiger partial charge is 0.497 e. The lowest BCUT2D eigenvalue weighted by atomic mass is 10.3. The van der Waals surface area contributed by atoms with Crippen LogP contribution in [0.4, 0.5) is 17.2 Å². The highest BCUT2D eigenvalue weighted by molar-refractivity contribution is 9.10. The number of nitrogens with zero attached hydrogens (tertiary/aromatic N) is 2. The molecule has 8 heteroatoms. The monoisotopic (exact) mass is 357 g/mol. The molecule has 104 valence electrons. The van der Waals surface area contributed by atoms with Gasteiger partial charge in [-0.3, -0.25) is 10.1 Å². The molecule has 0 unspecified atom stereocenters. The molecule has 1 N–H and O–H groups in total. The van der Waals surface area contributed by atoms with Crippen molar-refractivity contribution in [3.63, 3.8) is 0 Å². The summed E-state index contributed by atoms with van der Waals surface area (Å²) in [6.45, 7) is 0. The summed E-state index contributed by atoms with van der Waals surface area (Å²) < 4.78 is 5.94. The van der Waals surface area contributed by atoms with Crippen LogP contribution in [0.2, 0.25) is 5.15 Å². The van der Waals surface area contributed by atoms with Crippen molar-refractivity contribution in [3.8, 4) is 5.75 Å². The summed E-state index contributed by atoms with van der Waals surface area (Å²) in [6, 6.07) is 7.81. The Morgan fingerprint density at radius 2 is 2.10 bits per heavy atom. The number of nitrogens with one attached hydrogen (secondary N) is 1. The summed E-state index contributed by atoms with van der Waals surface area (Å²) in [7, 11) is 1.55. The van der Waals surface area contributed by atoms with Crippen molar-refractivity contribution in [2.24, 2.45) is 0 Å². The predicted octanol–water partition coefficient (Wildman–Crippen LogP) is 4.16. The molecule has 0 saturated carbocycles. The zero-order valence-electron chi connectivity index (χ0n) is 10.3. The van der Waals surface area contributed by atoms with Crippen LogP contribution in [0.3, 0.4) is 0 Å². The number of rotatable bonds is 4. The first kappa shape index (κ1) is 14.5. The van der Waals surface area contributed by atoms with E-state index >= 15 is 0 Å². The van der Waals surface area contributed by atoms with Crippen LogP contribution in [0, 0.1) is 10.1 Å². The van der Waals surface area contributed by atoms with Gasteiger partial charge < -0.3 is 10.1 Å². The van der Waals surface area contributed by atoms with Gasteiger partial charge in [0.05, 0.1) is 24.2 Å². The van der Waals surface area contributed by atoms with E-state index in [-0.39, 0.29) is 16.7 Å². The number of pyridine rings is 1. The Balaban J connectivity index is 2.34. The molecule has 0 fully saturated rings. The van der Waals surface area contributed by atoms with Gasteiger partial charge >= 0.3 is 0 Å². The van der Waals surface area contributed by atoms with Crippen LogP contribution in [0.25, 0.3) is 0 Å². The smallest absolute Gasteiger partial charge is 0.276 e. The molecule has 20 heavy (non-hydrogen) atoms. The number of methoxy groups -OCH3 is 1. The number of nitro groups is 1. The SMILES string of the molecule is COc1cc(Br)cc(Nc2cc([N+](=O)[O-])cc(Cl)n2)c1. The molecule has 1 heterocycles. The van der Waals surface area contributed by atoms with Crippen molar-refractivity contribution in [2.45, 2.75) is 0 Å². The molecule has 1 aromatic heterocycles. The van der Waals surface area contributed by atoms with Crippen molar-refractivity contribution in [1.82, 2.24) is 4.98 Å². The molecular formula is C12H9BrClN3O3. The number of benzene rings is 1. The molecule has 0 atom stereocenters. The van der Waals surface area contributed by atoms with Gasteiger partial charge in [-0.1, -0.05) is 27.5 Å². The van der Waals surface area contributed by atoms with E-state index in [1.165, 1.54) is 12.1 Å². The minimum Gasteiger partial charge on any atom is -0.497 e. The minimum absolute atomic E-state index is 0.0451. The van der Waals surface area contributed by atoms with Gasteiger partial charge in [0.25, 0.3) is 5.69 Å². The Morgan fingerprint density at radius 3 is 2.75 bits per heavy atom. The lowest BCUT2D eigenvalue weighted by Crippen LogP contribution is -1.97. The molecule has 0 bridgehead atoms. The average molecular weight is 359 g/mol. The summed E-state index contributed by atoms with van der Waals surface area (Å²) in [5, 5.41) is 13.8. The molecule has 0 amide bonds. The van der Waals surface area contributed by atoms with E-state index in [1.54, 1.807) is 25.3 Å². The topological polar surface area (TPSA) is 77.3 Å². The zero-order valence-corrected chi connectivity index (χ0v) is 12.6. The van der Waals surface area contributed by atoms with Gasteiger partial charge in [0, 0.05) is 16.2 Å². The fourth-order valence-corrected chi connectivity index (χ4v) is 2.23. The Kier molecular flexibility index (Phi) is 4.41. The van der Waals surface area contributed by atoms with E-state index in [1.807, 2.05) is 0 Å². The van der Waals surface area contributed by atoms with Crippen molar-refractivity contribution in [1.29, 1.82) is 0 Å². The maximum atomic E-state index is 10.8. The van der Waals surface area contributed by atoms with Gasteiger partial charge in [-0.05, 0) is 12.1 Å². The summed E-state index contributed by atoms with van der Waals surface area (Å²) in [4.78, 5) is 14.2. The van der Waals surface area contributed by atoms with Crippen molar-refractivity contribution in [3.05, 3.63) is 50.1 Å². The van der Waals surface area contributed by atoms with Crippen LogP contribution in [0.1, 0.15) is 0 Å². The first-order chi connectivity index (χ1) is 9.47. The summed E-state index contributed by atoms with van der Waals surface area (Å²) in [5.74, 6) is 0.919. The Hall–Kier alpha value is -1.86. The fourth-order valence-electron chi connectivity index (χ4n) is 1.55. The highest BCUT2D eigenvalue weighted by atomic mass is 79.9. The number of halogens is 2. The molecule has 2 aromatic rings. The van der Waals surface area contributed by atoms with Crippen LogP contribution in [-0.4, -0.2) is 17.0 Å². The third-order valence-corrected chi connectivity index (χ3v) is 3.02. The Bertz CT molecular complexity index is 666. The fraction of sp³-hybridized carbons (Fsp3) is 0.0833. The normalized spacial score (nSPS) is 10.2. The van der Waals surface area contributed by atoms with Gasteiger partial charge in [0.15, 0.2) is 0 Å². The average Bonchev–Trinajstić information content (AvgIpc) is 2.37. The molecule has 0 saturated heterocycles. The molecule has 6 nitrogen and oxygen atoms in total. The standard InChI is InChI=1S/C12H9BrClN3O3/c1-20-10-3-7(13)2-8(4-10)15-12-6-9(17(18)19)5-11(14)16-12/h2-6H,1H3,(H,15,16). The first-order valence-corrected chi connectivity index (χ1v) is 6.58. The quantitative estimate of drug-likeness (QED) is 0.504. The molecule has 2 rings (SSSR count). The summed E-state index contributed by atoms with van der Waals surface area (Å²) >= 11 is 9.11. The highest BCUT2D eigenvalue weighted by Gasteiger charge is 2.11. The summed E-state index contributed by atoms with van der Waals surface area (Å²) in [6.07, 6.45) is 0. The third-order valence-electron chi connectivity index (χ3n) is 2.37. The van der Waals surface area contributed by atoms with Crippen molar-refractivity contribution < 1.29 is 9.66 Å². The number of anilines is 2. The lowest BCUT2D eigenvalue weighted by molar-refractivity contribution is -0.384. The van der Waals surface area contributed by atoms with E-state index in [0.717, 1.165) is 4.47 Å². The predicted molar refractivity (Wildman–Crippen MR) is 79.9 cm³/mol. The summed E-state index contributed by atoms with van der Waals surface area (Å²) in [5.41, 5.74) is 0.537. The van der Waals surface area contributed by atoms with E-state index in [2.05, 4.69) is 26.2 Å². The zero-order chi connectivity index (χ0) is 14.7. The second-order valence-corrected chi connectivity index (χ2v) is 5.10. The van der Waals surface area contributed by atoms with E-state index in [0.29, 0.717) is 11.4 Å². The third kappa shape index (κ3) is 3.58. The second-order valence-electron chi connectivity index (χ2n) is 3.80. The van der Waals surface area contributed by atoms with Crippen LogP contribution >= 0.6 is 27.5 Å². The van der Waals surface area contributed by atoms with Crippen LogP contribution in [0.15, 0.2) is 34.8 Å². The van der Waals surface area contributed by atoms with E-state index in [4.69, 9.17) is 16.3 Å². The van der Waals surface area contributed by atoms with Crippen LogP contribution in [0.5, 0.6) is 5.75 Å². The first-order valence-electron chi connectivity index (χ1n) is 5.41. The van der Waals surface area contributed by atoms with E-state index in [9.17, 15) is 10.1 Å². The molecule has 0 aliphatic carbocycles. The minimum atomic E-state index is -0.528. The van der Waals surface area contributed by atoms with Gasteiger partial charge in [-0.25, -0.2) is 4.98 Å². The highest BCUT2D eigenvalue weighted by Crippen LogP contribution is 2.28. The maximum Gasteiger partial charge on any atom is 0.276 e. The number of ether oxygens (including phenoxy) is 1. The molecule has 1 aromatic carbocycles. The van der Waals surface area contributed by atoms with Gasteiger partial charge in [0.1, 0.15) is 16.7 Å². The number of aromatic nitrogens is 1. The maximum absolute atomic E-state index is 10.8. The lowest BCUT2D eigenvalue weighted by Gasteiger charge is -2.08. The second kappa shape index (κ2) is 6.06. The van der Waals surface area contributed by atoms with Crippen molar-refractivity contribution in [2.75, 3.05) is 12.4 Å². The van der Waals surface area contributed by atoms with Crippen LogP contribution in [-0.2, 0) is 0 Å². The Labute approximate surface area is 128 Å². The molecule has 0 aliphatic heterocycles. The van der Waals surface area contributed by atoms with Gasteiger partial charge in [-0.15, -0.1) is 0 Å². The van der Waals surface area contributed by atoms with Gasteiger partial charge in [-0.2, -0.15) is 0 Å². The van der Waals surface area contributed by atoms with E-state index < -0.39 is 4.92 Å². The number of hydrogen-bond donors (Lipinski definition) is 1. The molecule has 0 spiro atoms.